The van der Waals surface area contributed by atoms with Crippen LogP contribution < -0.4 is 5.32 Å². The lowest BCUT2D eigenvalue weighted by Crippen LogP contribution is -2.33. The molecule has 1 saturated carbocycles. The first kappa shape index (κ1) is 11.9. The Balaban J connectivity index is 1.70. The average Bonchev–Trinajstić information content (AvgIpc) is 3.11. The van der Waals surface area contributed by atoms with E-state index in [2.05, 4.69) is 32.2 Å². The largest absolute Gasteiger partial charge is 0.341 e. The molecule has 0 radical (unpaired) electrons. The molecule has 0 spiro atoms. The summed E-state index contributed by atoms with van der Waals surface area (Å²) in [5, 5.41) is 4.57. The van der Waals surface area contributed by atoms with Crippen LogP contribution in [-0.2, 0) is 0 Å². The summed E-state index contributed by atoms with van der Waals surface area (Å²) in [6.07, 6.45) is 5.99. The number of fused-ring (bicyclic) bond motifs is 1. The lowest BCUT2D eigenvalue weighted by molar-refractivity contribution is 0.519. The number of nitrogens with one attached hydrogen (secondary N) is 2. The Labute approximate surface area is 110 Å². The number of thioether (sulfide) groups is 1. The van der Waals surface area contributed by atoms with Gasteiger partial charge in [-0.15, -0.1) is 11.8 Å². The van der Waals surface area contributed by atoms with E-state index in [-0.39, 0.29) is 0 Å². The molecular weight excluding hydrogens is 246 g/mol. The smallest absolute Gasteiger partial charge is 0.181 e. The predicted octanol–water partition coefficient (Wildman–Crippen LogP) is 1.83. The van der Waals surface area contributed by atoms with E-state index in [4.69, 9.17) is 0 Å². The zero-order chi connectivity index (χ0) is 12.4. The van der Waals surface area contributed by atoms with E-state index in [9.17, 15) is 0 Å². The zero-order valence-electron chi connectivity index (χ0n) is 10.4. The molecule has 5 nitrogen and oxygen atoms in total. The Hall–Kier alpha value is -1.14. The molecule has 0 aromatic carbocycles. The molecule has 1 atom stereocenters. The topological polar surface area (TPSA) is 66.5 Å². The van der Waals surface area contributed by atoms with Gasteiger partial charge in [0, 0.05) is 11.8 Å². The van der Waals surface area contributed by atoms with Crippen molar-refractivity contribution in [2.75, 3.05) is 12.3 Å². The summed E-state index contributed by atoms with van der Waals surface area (Å²) in [4.78, 5) is 15.7. The molecule has 2 aromatic heterocycles. The third-order valence-electron chi connectivity index (χ3n) is 3.25. The van der Waals surface area contributed by atoms with Gasteiger partial charge in [-0.3, -0.25) is 0 Å². The van der Waals surface area contributed by atoms with Crippen LogP contribution in [0.3, 0.4) is 0 Å². The number of hydrogen-bond donors (Lipinski definition) is 2. The minimum absolute atomic E-state index is 0.605. The molecule has 1 unspecified atom stereocenters. The maximum atomic E-state index is 4.34. The van der Waals surface area contributed by atoms with Gasteiger partial charge in [-0.25, -0.2) is 15.0 Å². The normalized spacial score (nSPS) is 17.2. The lowest BCUT2D eigenvalue weighted by Gasteiger charge is -2.16. The molecule has 1 aliphatic carbocycles. The van der Waals surface area contributed by atoms with E-state index in [0.29, 0.717) is 6.04 Å². The highest BCUT2D eigenvalue weighted by Crippen LogP contribution is 2.35. The van der Waals surface area contributed by atoms with Gasteiger partial charge in [0.2, 0.25) is 0 Å². The number of aromatic nitrogens is 4. The first-order valence-electron chi connectivity index (χ1n) is 6.38. The van der Waals surface area contributed by atoms with Crippen LogP contribution in [0.15, 0.2) is 17.7 Å². The third kappa shape index (κ3) is 2.49. The van der Waals surface area contributed by atoms with Crippen LogP contribution in [-0.4, -0.2) is 38.3 Å². The Bertz CT molecular complexity index is 522. The highest BCUT2D eigenvalue weighted by molar-refractivity contribution is 7.99. The van der Waals surface area contributed by atoms with Crippen molar-refractivity contribution in [2.24, 2.45) is 5.92 Å². The van der Waals surface area contributed by atoms with Crippen molar-refractivity contribution < 1.29 is 0 Å². The van der Waals surface area contributed by atoms with Gasteiger partial charge in [0.25, 0.3) is 0 Å². The number of nitrogens with zero attached hydrogens (tertiary/aromatic N) is 3. The summed E-state index contributed by atoms with van der Waals surface area (Å²) in [5.74, 6) is 1.92. The SMILES string of the molecule is CCNC(CSc1ncnc2nc[nH]c12)C1CC1. The maximum Gasteiger partial charge on any atom is 0.181 e. The van der Waals surface area contributed by atoms with Crippen LogP contribution in [0.25, 0.3) is 11.2 Å². The predicted molar refractivity (Wildman–Crippen MR) is 72.6 cm³/mol. The highest BCUT2D eigenvalue weighted by Gasteiger charge is 2.30. The molecule has 96 valence electrons. The van der Waals surface area contributed by atoms with Crippen molar-refractivity contribution in [3.8, 4) is 0 Å². The molecular formula is C12H17N5S. The number of rotatable bonds is 6. The summed E-state index contributed by atoms with van der Waals surface area (Å²) >= 11 is 1.79. The first-order chi connectivity index (χ1) is 8.88. The molecule has 0 saturated heterocycles. The van der Waals surface area contributed by atoms with Crippen molar-refractivity contribution in [1.82, 2.24) is 25.3 Å². The fourth-order valence-electron chi connectivity index (χ4n) is 2.14. The molecule has 1 aliphatic rings. The molecule has 0 bridgehead atoms. The Morgan fingerprint density at radius 1 is 1.44 bits per heavy atom. The van der Waals surface area contributed by atoms with E-state index in [0.717, 1.165) is 34.4 Å². The number of imidazole rings is 1. The molecule has 1 fully saturated rings. The van der Waals surface area contributed by atoms with E-state index in [1.807, 2.05) is 0 Å². The van der Waals surface area contributed by atoms with E-state index in [1.165, 1.54) is 12.8 Å². The lowest BCUT2D eigenvalue weighted by atomic mass is 10.2. The van der Waals surface area contributed by atoms with Crippen molar-refractivity contribution in [3.63, 3.8) is 0 Å². The summed E-state index contributed by atoms with van der Waals surface area (Å²) in [7, 11) is 0. The van der Waals surface area contributed by atoms with Crippen molar-refractivity contribution in [1.29, 1.82) is 0 Å². The minimum atomic E-state index is 0.605. The summed E-state index contributed by atoms with van der Waals surface area (Å²) in [6, 6.07) is 0.605. The molecule has 18 heavy (non-hydrogen) atoms. The summed E-state index contributed by atoms with van der Waals surface area (Å²) in [5.41, 5.74) is 1.70. The Kier molecular flexibility index (Phi) is 3.47. The summed E-state index contributed by atoms with van der Waals surface area (Å²) in [6.45, 7) is 3.20. The van der Waals surface area contributed by atoms with E-state index >= 15 is 0 Å². The van der Waals surface area contributed by atoms with Crippen LogP contribution >= 0.6 is 11.8 Å². The molecule has 0 aliphatic heterocycles. The van der Waals surface area contributed by atoms with Crippen LogP contribution in [0.2, 0.25) is 0 Å². The maximum absolute atomic E-state index is 4.34. The van der Waals surface area contributed by atoms with Gasteiger partial charge < -0.3 is 10.3 Å². The van der Waals surface area contributed by atoms with Crippen LogP contribution in [0.4, 0.5) is 0 Å². The average molecular weight is 263 g/mol. The molecule has 2 heterocycles. The van der Waals surface area contributed by atoms with Crippen molar-refractivity contribution in [3.05, 3.63) is 12.7 Å². The van der Waals surface area contributed by atoms with Gasteiger partial charge in [0.15, 0.2) is 5.65 Å². The van der Waals surface area contributed by atoms with E-state index < -0.39 is 0 Å². The van der Waals surface area contributed by atoms with Gasteiger partial charge >= 0.3 is 0 Å². The van der Waals surface area contributed by atoms with Gasteiger partial charge in [-0.2, -0.15) is 0 Å². The molecule has 3 rings (SSSR count). The highest BCUT2D eigenvalue weighted by atomic mass is 32.2. The quantitative estimate of drug-likeness (QED) is 0.615. The second-order valence-corrected chi connectivity index (χ2v) is 5.60. The molecule has 0 amide bonds. The van der Waals surface area contributed by atoms with Gasteiger partial charge in [0.05, 0.1) is 6.33 Å². The van der Waals surface area contributed by atoms with Gasteiger partial charge in [-0.1, -0.05) is 6.92 Å². The molecule has 6 heteroatoms. The van der Waals surface area contributed by atoms with Crippen LogP contribution in [0, 0.1) is 5.92 Å². The fourth-order valence-corrected chi connectivity index (χ4v) is 3.29. The number of hydrogen-bond acceptors (Lipinski definition) is 5. The van der Waals surface area contributed by atoms with E-state index in [1.54, 1.807) is 24.4 Å². The van der Waals surface area contributed by atoms with Crippen LogP contribution in [0.5, 0.6) is 0 Å². The standard InChI is InChI=1S/C12H17N5S/c1-2-13-9(8-3-4-8)5-18-12-10-11(15-6-14-10)16-7-17-12/h6-9,13H,2-5H2,1H3,(H,14,15,16,17). The Morgan fingerprint density at radius 2 is 2.33 bits per heavy atom. The second kappa shape index (κ2) is 5.24. The monoisotopic (exact) mass is 263 g/mol. The fraction of sp³-hybridized carbons (Fsp3) is 0.583. The molecule has 2 aromatic rings. The third-order valence-corrected chi connectivity index (χ3v) is 4.35. The number of H-pyrrole nitrogens is 1. The van der Waals surface area contributed by atoms with Crippen LogP contribution in [0.1, 0.15) is 19.8 Å². The zero-order valence-corrected chi connectivity index (χ0v) is 11.2. The van der Waals surface area contributed by atoms with Gasteiger partial charge in [0.1, 0.15) is 16.9 Å². The Morgan fingerprint density at radius 3 is 3.11 bits per heavy atom. The minimum Gasteiger partial charge on any atom is -0.341 e. The summed E-state index contributed by atoms with van der Waals surface area (Å²) < 4.78 is 0. The van der Waals surface area contributed by atoms with Crippen molar-refractivity contribution >= 4 is 22.9 Å². The van der Waals surface area contributed by atoms with Gasteiger partial charge in [-0.05, 0) is 25.3 Å². The van der Waals surface area contributed by atoms with Crippen molar-refractivity contribution in [2.45, 2.75) is 30.8 Å². The number of aromatic amines is 1. The first-order valence-corrected chi connectivity index (χ1v) is 7.37. The second-order valence-electron chi connectivity index (χ2n) is 4.59. The molecule has 2 N–H and O–H groups in total.